The van der Waals surface area contributed by atoms with Crippen molar-refractivity contribution in [1.29, 1.82) is 0 Å². The topological polar surface area (TPSA) is 105 Å². The van der Waals surface area contributed by atoms with Gasteiger partial charge in [0.25, 0.3) is 10.0 Å². The summed E-state index contributed by atoms with van der Waals surface area (Å²) in [4.78, 5) is 28.4. The highest BCUT2D eigenvalue weighted by Gasteiger charge is 2.33. The molecule has 0 radical (unpaired) electrons. The second-order valence-corrected chi connectivity index (χ2v) is 12.6. The van der Waals surface area contributed by atoms with Gasteiger partial charge in [-0.1, -0.05) is 60.1 Å². The van der Waals surface area contributed by atoms with E-state index < -0.39 is 28.5 Å². The van der Waals surface area contributed by atoms with E-state index in [2.05, 4.69) is 21.2 Å². The highest BCUT2D eigenvalue weighted by molar-refractivity contribution is 9.10. The van der Waals surface area contributed by atoms with Crippen molar-refractivity contribution >= 4 is 43.5 Å². The van der Waals surface area contributed by atoms with Crippen molar-refractivity contribution in [2.45, 2.75) is 38.3 Å². The number of sulfonamides is 1. The summed E-state index contributed by atoms with van der Waals surface area (Å²) in [5.41, 5.74) is 1.09. The fraction of sp³-hybridized carbons (Fsp3) is 0.333. The maximum Gasteiger partial charge on any atom is 0.264 e. The third-order valence-electron chi connectivity index (χ3n) is 6.38. The van der Waals surface area contributed by atoms with Gasteiger partial charge in [0.2, 0.25) is 11.8 Å². The Morgan fingerprint density at radius 2 is 1.54 bits per heavy atom. The first-order chi connectivity index (χ1) is 19.5. The SMILES string of the molecule is COc1ccc(S(=O)(=O)N(CC(=O)N(Cc2ccc(Br)cc2)C(C)C(=O)NCC(C)C)c2ccccc2)cc1OC. The number of carbonyl (C=O) groups is 2. The van der Waals surface area contributed by atoms with Crippen molar-refractivity contribution in [2.24, 2.45) is 5.92 Å². The Kier molecular flexibility index (Phi) is 11.2. The number of halogens is 1. The molecule has 220 valence electrons. The normalized spacial score (nSPS) is 12.0. The van der Waals surface area contributed by atoms with E-state index in [-0.39, 0.29) is 29.0 Å². The molecule has 3 aromatic rings. The van der Waals surface area contributed by atoms with Crippen LogP contribution in [-0.4, -0.2) is 58.5 Å². The predicted octanol–water partition coefficient (Wildman–Crippen LogP) is 4.85. The maximum atomic E-state index is 14.0. The third-order valence-corrected chi connectivity index (χ3v) is 8.68. The first-order valence-electron chi connectivity index (χ1n) is 13.1. The molecule has 9 nitrogen and oxygen atoms in total. The third kappa shape index (κ3) is 8.23. The molecule has 3 aromatic carbocycles. The zero-order chi connectivity index (χ0) is 30.2. The quantitative estimate of drug-likeness (QED) is 0.285. The zero-order valence-corrected chi connectivity index (χ0v) is 26.2. The van der Waals surface area contributed by atoms with Crippen LogP contribution in [-0.2, 0) is 26.2 Å². The van der Waals surface area contributed by atoms with Gasteiger partial charge >= 0.3 is 0 Å². The summed E-state index contributed by atoms with van der Waals surface area (Å²) >= 11 is 3.41. The molecule has 0 heterocycles. The molecule has 3 rings (SSSR count). The Hall–Kier alpha value is -3.57. The molecule has 0 spiro atoms. The van der Waals surface area contributed by atoms with E-state index in [0.29, 0.717) is 18.0 Å². The van der Waals surface area contributed by atoms with E-state index >= 15 is 0 Å². The summed E-state index contributed by atoms with van der Waals surface area (Å²) in [6.07, 6.45) is 0. The number of hydrogen-bond acceptors (Lipinski definition) is 6. The fourth-order valence-corrected chi connectivity index (χ4v) is 5.74. The van der Waals surface area contributed by atoms with Crippen LogP contribution >= 0.6 is 15.9 Å². The highest BCUT2D eigenvalue weighted by atomic mass is 79.9. The van der Waals surface area contributed by atoms with Crippen molar-refractivity contribution in [2.75, 3.05) is 31.6 Å². The average Bonchev–Trinajstić information content (AvgIpc) is 2.97. The summed E-state index contributed by atoms with van der Waals surface area (Å²) in [7, 11) is -1.37. The lowest BCUT2D eigenvalue weighted by atomic mass is 10.1. The molecule has 0 saturated carbocycles. The van der Waals surface area contributed by atoms with E-state index in [1.807, 2.05) is 38.1 Å². The van der Waals surface area contributed by atoms with Crippen LogP contribution in [0.1, 0.15) is 26.3 Å². The first-order valence-corrected chi connectivity index (χ1v) is 15.3. The van der Waals surface area contributed by atoms with Gasteiger partial charge < -0.3 is 19.7 Å². The number of amides is 2. The fourth-order valence-electron chi connectivity index (χ4n) is 4.05. The number of carbonyl (C=O) groups excluding carboxylic acids is 2. The molecule has 0 fully saturated rings. The summed E-state index contributed by atoms with van der Waals surface area (Å²) in [5.74, 6) is -0.0240. The minimum atomic E-state index is -4.24. The minimum absolute atomic E-state index is 0.0750. The van der Waals surface area contributed by atoms with Crippen LogP contribution in [0.25, 0.3) is 0 Å². The van der Waals surface area contributed by atoms with Gasteiger partial charge in [-0.05, 0) is 54.8 Å². The molecular weight excluding hydrogens is 610 g/mol. The van der Waals surface area contributed by atoms with Crippen LogP contribution in [0.3, 0.4) is 0 Å². The molecule has 0 saturated heterocycles. The Balaban J connectivity index is 2.02. The number of ether oxygens (including phenoxy) is 2. The minimum Gasteiger partial charge on any atom is -0.493 e. The van der Waals surface area contributed by atoms with Crippen molar-refractivity contribution in [3.05, 3.63) is 82.8 Å². The molecule has 41 heavy (non-hydrogen) atoms. The van der Waals surface area contributed by atoms with Gasteiger partial charge in [-0.25, -0.2) is 8.42 Å². The number of nitrogens with one attached hydrogen (secondary N) is 1. The van der Waals surface area contributed by atoms with Gasteiger partial charge in [-0.2, -0.15) is 0 Å². The average molecular weight is 647 g/mol. The van der Waals surface area contributed by atoms with Crippen molar-refractivity contribution in [3.63, 3.8) is 0 Å². The van der Waals surface area contributed by atoms with Gasteiger partial charge in [-0.3, -0.25) is 13.9 Å². The first kappa shape index (κ1) is 32.0. The molecule has 0 aliphatic heterocycles. The van der Waals surface area contributed by atoms with Crippen LogP contribution in [0.15, 0.2) is 82.2 Å². The van der Waals surface area contributed by atoms with Crippen LogP contribution < -0.4 is 19.1 Å². The summed E-state index contributed by atoms with van der Waals surface area (Å²) < 4.78 is 40.5. The van der Waals surface area contributed by atoms with Crippen molar-refractivity contribution in [3.8, 4) is 11.5 Å². The molecular formula is C30H36BrN3O6S. The Labute approximate surface area is 250 Å². The Bertz CT molecular complexity index is 1430. The number of nitrogens with zero attached hydrogens (tertiary/aromatic N) is 2. The lowest BCUT2D eigenvalue weighted by Crippen LogP contribution is -2.51. The van der Waals surface area contributed by atoms with E-state index in [4.69, 9.17) is 9.47 Å². The maximum absolute atomic E-state index is 14.0. The van der Waals surface area contributed by atoms with Gasteiger partial charge in [0, 0.05) is 23.6 Å². The number of rotatable bonds is 13. The number of benzene rings is 3. The number of anilines is 1. The smallest absolute Gasteiger partial charge is 0.264 e. The molecule has 1 unspecified atom stereocenters. The van der Waals surface area contributed by atoms with Crippen molar-refractivity contribution < 1.29 is 27.5 Å². The standard InChI is InChI=1S/C30H36BrN3O6S/c1-21(2)18-32-30(36)22(3)33(19-23-11-13-24(31)14-12-23)29(35)20-34(25-9-7-6-8-10-25)41(37,38)26-15-16-27(39-4)28(17-26)40-5/h6-17,21-22H,18-20H2,1-5H3,(H,32,36). The molecule has 0 aliphatic rings. The van der Waals surface area contributed by atoms with Crippen LogP contribution in [0.5, 0.6) is 11.5 Å². The molecule has 11 heteroatoms. The molecule has 0 bridgehead atoms. The molecule has 2 amide bonds. The van der Waals surface area contributed by atoms with Gasteiger partial charge in [-0.15, -0.1) is 0 Å². The molecule has 0 aromatic heterocycles. The second kappa shape index (κ2) is 14.4. The molecule has 1 N–H and O–H groups in total. The highest BCUT2D eigenvalue weighted by Crippen LogP contribution is 2.32. The van der Waals surface area contributed by atoms with E-state index in [9.17, 15) is 18.0 Å². The Morgan fingerprint density at radius 3 is 2.12 bits per heavy atom. The number of hydrogen-bond donors (Lipinski definition) is 1. The van der Waals surface area contributed by atoms with E-state index in [1.165, 1.54) is 37.3 Å². The lowest BCUT2D eigenvalue weighted by Gasteiger charge is -2.32. The van der Waals surface area contributed by atoms with Crippen molar-refractivity contribution in [1.82, 2.24) is 10.2 Å². The van der Waals surface area contributed by atoms with E-state index in [1.54, 1.807) is 37.3 Å². The number of para-hydroxylation sites is 1. The van der Waals surface area contributed by atoms with Gasteiger partial charge in [0.05, 0.1) is 24.8 Å². The van der Waals surface area contributed by atoms with Gasteiger partial charge in [0.15, 0.2) is 11.5 Å². The van der Waals surface area contributed by atoms with E-state index in [0.717, 1.165) is 14.3 Å². The second-order valence-electron chi connectivity index (χ2n) is 9.83. The van der Waals surface area contributed by atoms with Crippen LogP contribution in [0.2, 0.25) is 0 Å². The largest absolute Gasteiger partial charge is 0.493 e. The Morgan fingerprint density at radius 1 is 0.902 bits per heavy atom. The van der Waals surface area contributed by atoms with Crippen LogP contribution in [0.4, 0.5) is 5.69 Å². The van der Waals surface area contributed by atoms with Gasteiger partial charge in [0.1, 0.15) is 12.6 Å². The lowest BCUT2D eigenvalue weighted by molar-refractivity contribution is -0.139. The van der Waals surface area contributed by atoms with Crippen LogP contribution in [0, 0.1) is 5.92 Å². The summed E-state index contributed by atoms with van der Waals surface area (Å²) in [6.45, 7) is 5.63. The predicted molar refractivity (Wildman–Crippen MR) is 163 cm³/mol. The molecule has 0 aliphatic carbocycles. The number of methoxy groups -OCH3 is 2. The molecule has 1 atom stereocenters. The summed E-state index contributed by atoms with van der Waals surface area (Å²) in [6, 6.07) is 19.2. The summed E-state index contributed by atoms with van der Waals surface area (Å²) in [5, 5.41) is 2.88. The monoisotopic (exact) mass is 645 g/mol. The zero-order valence-electron chi connectivity index (χ0n) is 23.8.